The summed E-state index contributed by atoms with van der Waals surface area (Å²) in [5, 5.41) is 4.80. The number of H-pyrrole nitrogens is 1. The zero-order valence-corrected chi connectivity index (χ0v) is 21.6. The molecular weight excluding hydrogens is 474 g/mol. The Morgan fingerprint density at radius 3 is 2.69 bits per heavy atom. The number of para-hydroxylation sites is 1. The molecule has 190 valence electrons. The van der Waals surface area contributed by atoms with Crippen LogP contribution in [0.2, 0.25) is 5.02 Å². The van der Waals surface area contributed by atoms with Crippen LogP contribution in [0.4, 0.5) is 0 Å². The quantitative estimate of drug-likeness (QED) is 0.446. The largest absolute Gasteiger partial charge is 0.493 e. The lowest BCUT2D eigenvalue weighted by Crippen LogP contribution is -2.50. The molecule has 1 saturated heterocycles. The number of rotatable bonds is 1. The van der Waals surface area contributed by atoms with E-state index in [1.54, 1.807) is 0 Å². The maximum atomic E-state index is 13.4. The van der Waals surface area contributed by atoms with E-state index in [9.17, 15) is 9.59 Å². The second kappa shape index (κ2) is 10.6. The minimum absolute atomic E-state index is 0.00604. The molecule has 1 spiro atoms. The Labute approximate surface area is 217 Å². The number of halogens is 1. The van der Waals surface area contributed by atoms with Crippen LogP contribution in [0.15, 0.2) is 42.5 Å². The molecule has 2 N–H and O–H groups in total. The van der Waals surface area contributed by atoms with E-state index in [4.69, 9.17) is 16.3 Å². The number of aromatic amines is 1. The van der Waals surface area contributed by atoms with Gasteiger partial charge in [-0.2, -0.15) is 0 Å². The lowest BCUT2D eigenvalue weighted by atomic mass is 9.73. The average Bonchev–Trinajstić information content (AvgIpc) is 3.22. The molecule has 2 aliphatic rings. The molecule has 1 aromatic heterocycles. The number of likely N-dealkylation sites (tertiary alicyclic amines) is 1. The highest BCUT2D eigenvalue weighted by atomic mass is 35.5. The number of hydrogen-bond acceptors (Lipinski definition) is 3. The average molecular weight is 508 g/mol. The first-order valence-electron chi connectivity index (χ1n) is 13.0. The van der Waals surface area contributed by atoms with Crippen molar-refractivity contribution < 1.29 is 14.3 Å². The van der Waals surface area contributed by atoms with Gasteiger partial charge in [-0.3, -0.25) is 9.59 Å². The number of aryl methyl sites for hydroxylation is 2. The fourth-order valence-electron chi connectivity index (χ4n) is 5.67. The van der Waals surface area contributed by atoms with Crippen molar-refractivity contribution in [3.63, 3.8) is 0 Å². The van der Waals surface area contributed by atoms with E-state index in [0.717, 1.165) is 54.3 Å². The van der Waals surface area contributed by atoms with Crippen LogP contribution in [0.5, 0.6) is 5.75 Å². The zero-order chi connectivity index (χ0) is 25.1. The lowest BCUT2D eigenvalue weighted by Gasteiger charge is -2.41. The Balaban J connectivity index is 1.28. The van der Waals surface area contributed by atoms with Crippen LogP contribution in [-0.4, -0.2) is 47.9 Å². The van der Waals surface area contributed by atoms with E-state index in [1.807, 2.05) is 42.2 Å². The molecule has 7 heteroatoms. The van der Waals surface area contributed by atoms with Crippen molar-refractivity contribution in [3.05, 3.63) is 64.3 Å². The van der Waals surface area contributed by atoms with Gasteiger partial charge in [-0.1, -0.05) is 36.2 Å². The van der Waals surface area contributed by atoms with Crippen molar-refractivity contribution >= 4 is 34.3 Å². The third-order valence-electron chi connectivity index (χ3n) is 7.91. The summed E-state index contributed by atoms with van der Waals surface area (Å²) < 4.78 is 5.99. The number of aromatic nitrogens is 1. The molecule has 6 nitrogen and oxygen atoms in total. The van der Waals surface area contributed by atoms with E-state index in [2.05, 4.69) is 22.4 Å². The van der Waals surface area contributed by atoms with Crippen molar-refractivity contribution in [1.82, 2.24) is 15.2 Å². The van der Waals surface area contributed by atoms with E-state index in [1.165, 1.54) is 5.56 Å². The van der Waals surface area contributed by atoms with Crippen LogP contribution in [0, 0.1) is 12.3 Å². The van der Waals surface area contributed by atoms with Crippen molar-refractivity contribution in [1.29, 1.82) is 0 Å². The van der Waals surface area contributed by atoms with Gasteiger partial charge in [-0.05, 0) is 80.8 Å². The molecule has 2 aromatic carbocycles. The van der Waals surface area contributed by atoms with Gasteiger partial charge in [-0.15, -0.1) is 0 Å². The second-order valence-electron chi connectivity index (χ2n) is 10.2. The van der Waals surface area contributed by atoms with Gasteiger partial charge in [0.25, 0.3) is 5.91 Å². The third-order valence-corrected chi connectivity index (χ3v) is 8.15. The Morgan fingerprint density at radius 2 is 1.86 bits per heavy atom. The van der Waals surface area contributed by atoms with Gasteiger partial charge < -0.3 is 19.9 Å². The molecule has 0 radical (unpaired) electrons. The highest BCUT2D eigenvalue weighted by Gasteiger charge is 2.42. The van der Waals surface area contributed by atoms with Crippen LogP contribution in [0.25, 0.3) is 10.9 Å². The molecule has 2 aliphatic heterocycles. The number of carbonyl (C=O) groups is 2. The number of ether oxygens (including phenoxy) is 1. The molecule has 3 aromatic rings. The highest BCUT2D eigenvalue weighted by molar-refractivity contribution is 6.31. The Hall–Kier alpha value is -2.99. The number of hydrogen-bond donors (Lipinski definition) is 2. The molecular formula is C29H34ClN3O3. The first-order valence-corrected chi connectivity index (χ1v) is 13.4. The van der Waals surface area contributed by atoms with E-state index in [-0.39, 0.29) is 11.8 Å². The summed E-state index contributed by atoms with van der Waals surface area (Å²) in [6.45, 7) is 4.30. The minimum Gasteiger partial charge on any atom is -0.493 e. The molecule has 2 amide bonds. The molecule has 5 rings (SSSR count). The standard InChI is InChI=1S/C29H34ClN3O3/c1-20-23-19-22(30)10-11-24(23)32-26(20)27(34)33-16-13-29(14-17-33)12-5-4-8-21-7-2-3-9-25(21)36-18-6-15-31-28(29)35/h2-3,7,9-11,19,32H,4-6,8,12-18H2,1H3,(H,31,35). The maximum absolute atomic E-state index is 13.4. The number of carbonyl (C=O) groups excluding carboxylic acids is 2. The fraction of sp³-hybridized carbons (Fsp3) is 0.448. The van der Waals surface area contributed by atoms with Gasteiger partial charge in [0.1, 0.15) is 11.4 Å². The van der Waals surface area contributed by atoms with E-state index >= 15 is 0 Å². The monoisotopic (exact) mass is 507 g/mol. The fourth-order valence-corrected chi connectivity index (χ4v) is 5.85. The number of nitrogens with one attached hydrogen (secondary N) is 2. The predicted octanol–water partition coefficient (Wildman–Crippen LogP) is 5.66. The van der Waals surface area contributed by atoms with Gasteiger partial charge in [-0.25, -0.2) is 0 Å². The van der Waals surface area contributed by atoms with Gasteiger partial charge in [0.15, 0.2) is 0 Å². The molecule has 0 saturated carbocycles. The van der Waals surface area contributed by atoms with Crippen molar-refractivity contribution in [2.24, 2.45) is 5.41 Å². The van der Waals surface area contributed by atoms with Gasteiger partial charge in [0, 0.05) is 35.6 Å². The highest BCUT2D eigenvalue weighted by Crippen LogP contribution is 2.38. The van der Waals surface area contributed by atoms with Gasteiger partial charge in [0.2, 0.25) is 5.91 Å². The number of piperidine rings is 1. The summed E-state index contributed by atoms with van der Waals surface area (Å²) in [5.41, 5.74) is 3.25. The van der Waals surface area contributed by atoms with Crippen LogP contribution in [0.3, 0.4) is 0 Å². The van der Waals surface area contributed by atoms with Crippen LogP contribution in [-0.2, 0) is 11.2 Å². The normalized spacial score (nSPS) is 18.9. The number of fused-ring (bicyclic) bond motifs is 2. The Morgan fingerprint density at radius 1 is 1.06 bits per heavy atom. The van der Waals surface area contributed by atoms with E-state index < -0.39 is 5.41 Å². The molecule has 1 fully saturated rings. The molecule has 3 heterocycles. The number of nitrogens with zero attached hydrogens (tertiary/aromatic N) is 1. The summed E-state index contributed by atoms with van der Waals surface area (Å²) in [6, 6.07) is 13.9. The summed E-state index contributed by atoms with van der Waals surface area (Å²) in [7, 11) is 0. The maximum Gasteiger partial charge on any atom is 0.270 e. The first kappa shape index (κ1) is 24.7. The Bertz CT molecular complexity index is 1260. The second-order valence-corrected chi connectivity index (χ2v) is 10.6. The van der Waals surface area contributed by atoms with E-state index in [0.29, 0.717) is 49.8 Å². The minimum atomic E-state index is -0.422. The molecule has 0 bridgehead atoms. The molecule has 0 aliphatic carbocycles. The molecule has 0 atom stereocenters. The lowest BCUT2D eigenvalue weighted by molar-refractivity contribution is -0.134. The Kier molecular flexibility index (Phi) is 7.24. The summed E-state index contributed by atoms with van der Waals surface area (Å²) in [6.07, 6.45) is 5.90. The number of benzene rings is 2. The van der Waals surface area contributed by atoms with Crippen LogP contribution >= 0.6 is 11.6 Å². The summed E-state index contributed by atoms with van der Waals surface area (Å²) in [5.74, 6) is 1.08. The SMILES string of the molecule is Cc1c(C(=O)N2CCC3(CCCCc4ccccc4OCCCNC3=O)CC2)[nH]c2ccc(Cl)cc12. The van der Waals surface area contributed by atoms with Crippen molar-refractivity contribution in [2.45, 2.75) is 51.9 Å². The summed E-state index contributed by atoms with van der Waals surface area (Å²) >= 11 is 6.17. The first-order chi connectivity index (χ1) is 17.5. The van der Waals surface area contributed by atoms with Crippen molar-refractivity contribution in [3.8, 4) is 5.75 Å². The van der Waals surface area contributed by atoms with Crippen molar-refractivity contribution in [2.75, 3.05) is 26.2 Å². The smallest absolute Gasteiger partial charge is 0.270 e. The summed E-state index contributed by atoms with van der Waals surface area (Å²) in [4.78, 5) is 32.0. The molecule has 36 heavy (non-hydrogen) atoms. The number of amides is 2. The van der Waals surface area contributed by atoms with Crippen LogP contribution in [0.1, 0.15) is 60.1 Å². The zero-order valence-electron chi connectivity index (χ0n) is 20.9. The van der Waals surface area contributed by atoms with Gasteiger partial charge in [0.05, 0.1) is 12.0 Å². The topological polar surface area (TPSA) is 74.4 Å². The predicted molar refractivity (Wildman–Crippen MR) is 143 cm³/mol. The molecule has 0 unspecified atom stereocenters. The third kappa shape index (κ3) is 4.96. The van der Waals surface area contributed by atoms with Gasteiger partial charge >= 0.3 is 0 Å². The van der Waals surface area contributed by atoms with Crippen LogP contribution < -0.4 is 10.1 Å².